The molecule has 6 heteroatoms. The molecule has 0 aromatic heterocycles. The number of nitrogens with one attached hydrogen (secondary N) is 1. The Balaban J connectivity index is 0. The monoisotopic (exact) mass is 383 g/mol. The van der Waals surface area contributed by atoms with E-state index in [0.29, 0.717) is 11.8 Å². The lowest BCUT2D eigenvalue weighted by atomic mass is 9.93. The Hall–Kier alpha value is -0.0300. The third-order valence-corrected chi connectivity index (χ3v) is 4.74. The summed E-state index contributed by atoms with van der Waals surface area (Å²) in [6.07, 6.45) is 4.27. The average molecular weight is 384 g/mol. The molecule has 1 aliphatic rings. The molecule has 1 aliphatic heterocycles. The Labute approximate surface area is 161 Å². The topological polar surface area (TPSA) is 35.6 Å². The van der Waals surface area contributed by atoms with Gasteiger partial charge in [-0.1, -0.05) is 27.7 Å². The number of likely N-dealkylation sites (N-methyl/N-ethyl adjacent to an activating group) is 1. The Morgan fingerprint density at radius 2 is 1.67 bits per heavy atom. The van der Waals surface area contributed by atoms with Crippen molar-refractivity contribution in [2.24, 2.45) is 11.8 Å². The molecular weight excluding hydrogens is 345 g/mol. The van der Waals surface area contributed by atoms with E-state index in [9.17, 15) is 4.79 Å². The summed E-state index contributed by atoms with van der Waals surface area (Å²) in [4.78, 5) is 17.1. The molecule has 1 amide bonds. The first kappa shape index (κ1) is 26.2. The molecule has 1 saturated heterocycles. The highest BCUT2D eigenvalue weighted by atomic mass is 35.5. The third kappa shape index (κ3) is 10.8. The number of halogens is 2. The van der Waals surface area contributed by atoms with Crippen molar-refractivity contribution in [2.45, 2.75) is 53.4 Å². The van der Waals surface area contributed by atoms with Crippen LogP contribution in [0.3, 0.4) is 0 Å². The predicted molar refractivity (Wildman–Crippen MR) is 109 cm³/mol. The fraction of sp³-hybridized carbons (Fsp3) is 0.944. The molecule has 1 fully saturated rings. The van der Waals surface area contributed by atoms with Crippen molar-refractivity contribution in [3.05, 3.63) is 0 Å². The van der Waals surface area contributed by atoms with Crippen molar-refractivity contribution >= 4 is 30.7 Å². The predicted octanol–water partition coefficient (Wildman–Crippen LogP) is 3.44. The van der Waals surface area contributed by atoms with Gasteiger partial charge < -0.3 is 15.1 Å². The molecule has 4 nitrogen and oxygen atoms in total. The summed E-state index contributed by atoms with van der Waals surface area (Å²) in [7, 11) is 0. The van der Waals surface area contributed by atoms with Crippen molar-refractivity contribution in [1.82, 2.24) is 15.1 Å². The van der Waals surface area contributed by atoms with Crippen molar-refractivity contribution in [2.75, 3.05) is 45.8 Å². The molecule has 0 atom stereocenters. The smallest absolute Gasteiger partial charge is 0.222 e. The standard InChI is InChI=1S/C18H37N3O.2ClH/c1-5-20(6-2)13-14-21(15-16(3)4)18(22)8-7-17-9-11-19-12-10-17;;/h16-17,19H,5-15H2,1-4H3;2*1H. The van der Waals surface area contributed by atoms with E-state index in [1.807, 2.05) is 0 Å². The highest BCUT2D eigenvalue weighted by molar-refractivity contribution is 5.85. The normalized spacial score (nSPS) is 15.1. The molecule has 0 unspecified atom stereocenters. The lowest BCUT2D eigenvalue weighted by Crippen LogP contribution is -2.40. The van der Waals surface area contributed by atoms with Gasteiger partial charge >= 0.3 is 0 Å². The van der Waals surface area contributed by atoms with Gasteiger partial charge in [-0.05, 0) is 57.3 Å². The maximum absolute atomic E-state index is 12.6. The van der Waals surface area contributed by atoms with E-state index in [-0.39, 0.29) is 24.8 Å². The molecule has 0 aromatic rings. The van der Waals surface area contributed by atoms with Gasteiger partial charge in [0.1, 0.15) is 0 Å². The zero-order valence-corrected chi connectivity index (χ0v) is 17.7. The van der Waals surface area contributed by atoms with Gasteiger partial charge in [0.15, 0.2) is 0 Å². The minimum Gasteiger partial charge on any atom is -0.341 e. The molecule has 0 saturated carbocycles. The molecule has 1 N–H and O–H groups in total. The first-order valence-electron chi connectivity index (χ1n) is 9.27. The van der Waals surface area contributed by atoms with Gasteiger partial charge in [0.05, 0.1) is 0 Å². The van der Waals surface area contributed by atoms with E-state index >= 15 is 0 Å². The lowest BCUT2D eigenvalue weighted by molar-refractivity contribution is -0.132. The third-order valence-electron chi connectivity index (χ3n) is 4.74. The summed E-state index contributed by atoms with van der Waals surface area (Å²) >= 11 is 0. The highest BCUT2D eigenvalue weighted by Gasteiger charge is 2.19. The molecule has 146 valence electrons. The van der Waals surface area contributed by atoms with Gasteiger partial charge in [-0.2, -0.15) is 0 Å². The van der Waals surface area contributed by atoms with E-state index < -0.39 is 0 Å². The van der Waals surface area contributed by atoms with Crippen LogP contribution >= 0.6 is 24.8 Å². The number of piperidine rings is 1. The van der Waals surface area contributed by atoms with Crippen molar-refractivity contribution < 1.29 is 4.79 Å². The Morgan fingerprint density at radius 1 is 1.08 bits per heavy atom. The number of hydrogen-bond donors (Lipinski definition) is 1. The van der Waals surface area contributed by atoms with E-state index in [2.05, 4.69) is 42.8 Å². The van der Waals surface area contributed by atoms with Gasteiger partial charge in [0.2, 0.25) is 5.91 Å². The van der Waals surface area contributed by atoms with Crippen LogP contribution in [0.2, 0.25) is 0 Å². The van der Waals surface area contributed by atoms with E-state index in [4.69, 9.17) is 0 Å². The Morgan fingerprint density at radius 3 is 2.17 bits per heavy atom. The summed E-state index contributed by atoms with van der Waals surface area (Å²) in [6.45, 7) is 15.9. The van der Waals surface area contributed by atoms with Crippen LogP contribution in [0.1, 0.15) is 53.4 Å². The number of amides is 1. The molecular formula is C18H39Cl2N3O. The van der Waals surface area contributed by atoms with Crippen LogP contribution in [0.4, 0.5) is 0 Å². The van der Waals surface area contributed by atoms with Crippen molar-refractivity contribution in [3.8, 4) is 0 Å². The average Bonchev–Trinajstić information content (AvgIpc) is 2.53. The number of hydrogen-bond acceptors (Lipinski definition) is 3. The molecule has 0 bridgehead atoms. The fourth-order valence-corrected chi connectivity index (χ4v) is 3.22. The second-order valence-electron chi connectivity index (χ2n) is 6.99. The summed E-state index contributed by atoms with van der Waals surface area (Å²) in [5, 5.41) is 3.40. The van der Waals surface area contributed by atoms with Crippen LogP contribution in [-0.4, -0.2) is 61.5 Å². The second kappa shape index (κ2) is 15.2. The molecule has 24 heavy (non-hydrogen) atoms. The maximum Gasteiger partial charge on any atom is 0.222 e. The molecule has 0 aliphatic carbocycles. The summed E-state index contributed by atoms with van der Waals surface area (Å²) in [5.74, 6) is 1.65. The Kier molecular flexibility index (Phi) is 16.6. The summed E-state index contributed by atoms with van der Waals surface area (Å²) in [5.41, 5.74) is 0. The van der Waals surface area contributed by atoms with Crippen molar-refractivity contribution in [1.29, 1.82) is 0 Å². The van der Waals surface area contributed by atoms with Gasteiger partial charge in [0.25, 0.3) is 0 Å². The van der Waals surface area contributed by atoms with E-state index in [1.54, 1.807) is 0 Å². The minimum atomic E-state index is 0. The van der Waals surface area contributed by atoms with Gasteiger partial charge in [-0.3, -0.25) is 4.79 Å². The van der Waals surface area contributed by atoms with E-state index in [0.717, 1.165) is 64.6 Å². The van der Waals surface area contributed by atoms with Crippen LogP contribution in [0.5, 0.6) is 0 Å². The number of nitrogens with zero attached hydrogens (tertiary/aromatic N) is 2. The quantitative estimate of drug-likeness (QED) is 0.627. The first-order valence-corrected chi connectivity index (χ1v) is 9.27. The van der Waals surface area contributed by atoms with Crippen molar-refractivity contribution in [3.63, 3.8) is 0 Å². The molecule has 0 radical (unpaired) electrons. The molecule has 0 spiro atoms. The molecule has 0 aromatic carbocycles. The highest BCUT2D eigenvalue weighted by Crippen LogP contribution is 2.18. The van der Waals surface area contributed by atoms with Gasteiger partial charge in [-0.25, -0.2) is 0 Å². The van der Waals surface area contributed by atoms with Crippen LogP contribution in [-0.2, 0) is 4.79 Å². The maximum atomic E-state index is 12.6. The summed E-state index contributed by atoms with van der Waals surface area (Å²) < 4.78 is 0. The summed E-state index contributed by atoms with van der Waals surface area (Å²) in [6, 6.07) is 0. The lowest BCUT2D eigenvalue weighted by Gasteiger charge is -2.29. The first-order chi connectivity index (χ1) is 10.6. The fourth-order valence-electron chi connectivity index (χ4n) is 3.22. The zero-order valence-electron chi connectivity index (χ0n) is 16.1. The number of rotatable bonds is 10. The SMILES string of the molecule is CCN(CC)CCN(CC(C)C)C(=O)CCC1CCNCC1.Cl.Cl. The van der Waals surface area contributed by atoms with Crippen LogP contribution in [0, 0.1) is 11.8 Å². The van der Waals surface area contributed by atoms with Crippen LogP contribution < -0.4 is 5.32 Å². The van der Waals surface area contributed by atoms with Gasteiger partial charge in [-0.15, -0.1) is 24.8 Å². The van der Waals surface area contributed by atoms with Crippen LogP contribution in [0.15, 0.2) is 0 Å². The minimum absolute atomic E-state index is 0. The number of carbonyl (C=O) groups is 1. The molecule has 1 rings (SSSR count). The molecule has 1 heterocycles. The van der Waals surface area contributed by atoms with Gasteiger partial charge in [0, 0.05) is 26.1 Å². The second-order valence-corrected chi connectivity index (χ2v) is 6.99. The van der Waals surface area contributed by atoms with Crippen LogP contribution in [0.25, 0.3) is 0 Å². The van der Waals surface area contributed by atoms with E-state index in [1.165, 1.54) is 12.8 Å². The number of carbonyl (C=O) groups excluding carboxylic acids is 1. The largest absolute Gasteiger partial charge is 0.341 e. The zero-order chi connectivity index (χ0) is 16.4. The Bertz CT molecular complexity index is 307.